The second-order valence-electron chi connectivity index (χ2n) is 10.3. The van der Waals surface area contributed by atoms with E-state index in [-0.39, 0.29) is 11.8 Å². The number of hydrogen-bond acceptors (Lipinski definition) is 5. The van der Waals surface area contributed by atoms with Crippen LogP contribution in [0, 0.1) is 0 Å². The number of benzene rings is 1. The highest BCUT2D eigenvalue weighted by molar-refractivity contribution is 5.91. The average molecular weight is 470 g/mol. The predicted octanol–water partition coefficient (Wildman–Crippen LogP) is 3.05. The van der Waals surface area contributed by atoms with Crippen LogP contribution in [0.15, 0.2) is 54.6 Å². The largest absolute Gasteiger partial charge is 0.356 e. The van der Waals surface area contributed by atoms with Crippen LogP contribution in [0.3, 0.4) is 0 Å². The third kappa shape index (κ3) is 7.79. The van der Waals surface area contributed by atoms with Crippen LogP contribution in [0.2, 0.25) is 0 Å². The Kier molecular flexibility index (Phi) is 8.68. The molecular weight excluding hydrogens is 430 g/mol. The third-order valence-corrected chi connectivity index (χ3v) is 6.15. The second-order valence-corrected chi connectivity index (χ2v) is 10.3. The number of carbonyl (C=O) groups excluding carboxylic acids is 2. The van der Waals surface area contributed by atoms with Gasteiger partial charge in [0.2, 0.25) is 18.2 Å². The molecule has 0 bridgehead atoms. The summed E-state index contributed by atoms with van der Waals surface area (Å²) in [6.07, 6.45) is 6.99. The van der Waals surface area contributed by atoms with Gasteiger partial charge in [0.05, 0.1) is 11.6 Å². The van der Waals surface area contributed by atoms with E-state index in [2.05, 4.69) is 17.2 Å². The lowest BCUT2D eigenvalue weighted by molar-refractivity contribution is -0.188. The maximum absolute atomic E-state index is 13.2. The molecule has 3 rings (SSSR count). The van der Waals surface area contributed by atoms with E-state index in [1.54, 1.807) is 12.2 Å². The zero-order valence-corrected chi connectivity index (χ0v) is 20.7. The lowest BCUT2D eigenvalue weighted by Gasteiger charge is -2.29. The van der Waals surface area contributed by atoms with Crippen LogP contribution in [0.4, 0.5) is 0 Å². The van der Waals surface area contributed by atoms with Crippen LogP contribution in [0.5, 0.6) is 0 Å². The smallest absolute Gasteiger partial charge is 0.246 e. The topological polar surface area (TPSA) is 90.9 Å². The van der Waals surface area contributed by atoms with Gasteiger partial charge in [-0.3, -0.25) is 14.9 Å². The highest BCUT2D eigenvalue weighted by Crippen LogP contribution is 2.36. The predicted molar refractivity (Wildman–Crippen MR) is 133 cm³/mol. The molecule has 2 atom stereocenters. The van der Waals surface area contributed by atoms with Crippen molar-refractivity contribution in [2.75, 3.05) is 13.1 Å². The fourth-order valence-electron chi connectivity index (χ4n) is 4.09. The van der Waals surface area contributed by atoms with E-state index in [1.165, 1.54) is 0 Å². The second kappa shape index (κ2) is 11.3. The van der Waals surface area contributed by atoms with Gasteiger partial charge in [0, 0.05) is 19.2 Å². The first-order chi connectivity index (χ1) is 16.1. The Hall–Kier alpha value is -2.48. The SMILES string of the molecule is C=C(Cc1ccccc1)[C@@H](/C=C/C(=O)N1CCCCC1)NC(=O)C1(NC(O)OC(C)(C)C)CC1. The van der Waals surface area contributed by atoms with Crippen LogP contribution in [-0.4, -0.2) is 58.5 Å². The summed E-state index contributed by atoms with van der Waals surface area (Å²) in [5.74, 6) is -0.280. The number of ether oxygens (including phenoxy) is 1. The first kappa shape index (κ1) is 26.1. The Labute approximate surface area is 203 Å². The molecule has 1 aliphatic carbocycles. The Morgan fingerprint density at radius 2 is 1.82 bits per heavy atom. The molecule has 1 aliphatic heterocycles. The van der Waals surface area contributed by atoms with Gasteiger partial charge in [0.15, 0.2) is 0 Å². The average Bonchev–Trinajstić information content (AvgIpc) is 3.56. The van der Waals surface area contributed by atoms with Crippen molar-refractivity contribution in [1.82, 2.24) is 15.5 Å². The summed E-state index contributed by atoms with van der Waals surface area (Å²) in [6.45, 7) is 11.3. The molecule has 7 nitrogen and oxygen atoms in total. The van der Waals surface area contributed by atoms with Crippen LogP contribution in [0.25, 0.3) is 0 Å². The molecule has 0 spiro atoms. The van der Waals surface area contributed by atoms with Gasteiger partial charge in [-0.25, -0.2) is 0 Å². The fraction of sp³-hybridized carbons (Fsp3) is 0.556. The zero-order chi connectivity index (χ0) is 24.8. The Morgan fingerprint density at radius 1 is 1.18 bits per heavy atom. The molecule has 1 heterocycles. The van der Waals surface area contributed by atoms with Gasteiger partial charge in [-0.15, -0.1) is 0 Å². The first-order valence-corrected chi connectivity index (χ1v) is 12.2. The van der Waals surface area contributed by atoms with Gasteiger partial charge in [-0.05, 0) is 70.4 Å². The summed E-state index contributed by atoms with van der Waals surface area (Å²) < 4.78 is 5.52. The third-order valence-electron chi connectivity index (χ3n) is 6.15. The molecule has 34 heavy (non-hydrogen) atoms. The molecule has 0 aromatic heterocycles. The number of nitrogens with one attached hydrogen (secondary N) is 2. The van der Waals surface area contributed by atoms with Gasteiger partial charge >= 0.3 is 0 Å². The number of nitrogens with zero attached hydrogens (tertiary/aromatic N) is 1. The van der Waals surface area contributed by atoms with E-state index >= 15 is 0 Å². The molecule has 2 aliphatic rings. The molecule has 1 aromatic rings. The van der Waals surface area contributed by atoms with Crippen LogP contribution in [-0.2, 0) is 20.7 Å². The van der Waals surface area contributed by atoms with Crippen LogP contribution in [0.1, 0.15) is 58.4 Å². The number of carbonyl (C=O) groups is 2. The number of aliphatic hydroxyl groups excluding tert-OH is 1. The summed E-state index contributed by atoms with van der Waals surface area (Å²) in [5.41, 5.74) is 0.421. The normalized spacial score (nSPS) is 19.5. The summed E-state index contributed by atoms with van der Waals surface area (Å²) in [4.78, 5) is 27.8. The van der Waals surface area contributed by atoms with Gasteiger partial charge in [0.25, 0.3) is 0 Å². The molecule has 1 unspecified atom stereocenters. The van der Waals surface area contributed by atoms with Gasteiger partial charge < -0.3 is 20.1 Å². The van der Waals surface area contributed by atoms with E-state index in [0.29, 0.717) is 19.3 Å². The minimum absolute atomic E-state index is 0.0419. The number of rotatable bonds is 10. The van der Waals surface area contributed by atoms with Crippen molar-refractivity contribution in [2.45, 2.75) is 82.9 Å². The van der Waals surface area contributed by atoms with Crippen molar-refractivity contribution >= 4 is 11.8 Å². The molecule has 1 aromatic carbocycles. The Morgan fingerprint density at radius 3 is 2.41 bits per heavy atom. The van der Waals surface area contributed by atoms with Crippen LogP contribution < -0.4 is 10.6 Å². The minimum atomic E-state index is -1.25. The van der Waals surface area contributed by atoms with Gasteiger partial charge in [0.1, 0.15) is 5.54 Å². The Balaban J connectivity index is 1.69. The van der Waals surface area contributed by atoms with E-state index in [9.17, 15) is 14.7 Å². The van der Waals surface area contributed by atoms with E-state index in [4.69, 9.17) is 4.74 Å². The van der Waals surface area contributed by atoms with E-state index in [0.717, 1.165) is 43.5 Å². The van der Waals surface area contributed by atoms with Crippen molar-refractivity contribution in [2.24, 2.45) is 0 Å². The fourth-order valence-corrected chi connectivity index (χ4v) is 4.09. The monoisotopic (exact) mass is 469 g/mol. The lowest BCUT2D eigenvalue weighted by atomic mass is 9.99. The van der Waals surface area contributed by atoms with E-state index in [1.807, 2.05) is 56.0 Å². The molecule has 1 saturated carbocycles. The molecule has 7 heteroatoms. The first-order valence-electron chi connectivity index (χ1n) is 12.2. The van der Waals surface area contributed by atoms with Crippen LogP contribution >= 0.6 is 0 Å². The van der Waals surface area contributed by atoms with Crippen molar-refractivity contribution in [1.29, 1.82) is 0 Å². The number of amides is 2. The number of likely N-dealkylation sites (tertiary alicyclic amines) is 1. The van der Waals surface area contributed by atoms with Crippen molar-refractivity contribution in [3.8, 4) is 0 Å². The number of piperidine rings is 1. The van der Waals surface area contributed by atoms with Crippen molar-refractivity contribution in [3.05, 3.63) is 60.2 Å². The molecule has 2 fully saturated rings. The molecule has 3 N–H and O–H groups in total. The maximum atomic E-state index is 13.2. The summed E-state index contributed by atoms with van der Waals surface area (Å²) >= 11 is 0. The molecule has 0 radical (unpaired) electrons. The van der Waals surface area contributed by atoms with Crippen molar-refractivity contribution < 1.29 is 19.4 Å². The zero-order valence-electron chi connectivity index (χ0n) is 20.7. The number of aliphatic hydroxyl groups is 1. The van der Waals surface area contributed by atoms with Gasteiger partial charge in [-0.1, -0.05) is 43.0 Å². The summed E-state index contributed by atoms with van der Waals surface area (Å²) in [5, 5.41) is 16.2. The molecule has 186 valence electrons. The molecular formula is C27H39N3O4. The minimum Gasteiger partial charge on any atom is -0.356 e. The molecule has 2 amide bonds. The maximum Gasteiger partial charge on any atom is 0.246 e. The van der Waals surface area contributed by atoms with Gasteiger partial charge in [-0.2, -0.15) is 0 Å². The highest BCUT2D eigenvalue weighted by atomic mass is 16.6. The molecule has 1 saturated heterocycles. The van der Waals surface area contributed by atoms with Crippen molar-refractivity contribution in [3.63, 3.8) is 0 Å². The number of hydrogen-bond donors (Lipinski definition) is 3. The summed E-state index contributed by atoms with van der Waals surface area (Å²) in [6, 6.07) is 9.39. The Bertz CT molecular complexity index is 881. The van der Waals surface area contributed by atoms with E-state index < -0.39 is 23.6 Å². The standard InChI is InChI=1S/C27H39N3O4/c1-20(19-21-11-7-5-8-12-21)22(13-14-23(31)30-17-9-6-10-18-30)28-24(32)27(15-16-27)29-25(33)34-26(2,3)4/h5,7-8,11-14,22,25,29,33H,1,6,9-10,15-19H2,2-4H3,(H,28,32)/b14-13+/t22-,25?/m1/s1. The lowest BCUT2D eigenvalue weighted by Crippen LogP contribution is -2.54. The summed E-state index contributed by atoms with van der Waals surface area (Å²) in [7, 11) is 0. The quantitative estimate of drug-likeness (QED) is 0.278. The highest BCUT2D eigenvalue weighted by Gasteiger charge is 2.51.